The van der Waals surface area contributed by atoms with Crippen molar-refractivity contribution in [2.24, 2.45) is 0 Å². The van der Waals surface area contributed by atoms with E-state index in [1.807, 2.05) is 0 Å². The lowest BCUT2D eigenvalue weighted by atomic mass is 10.2. The van der Waals surface area contributed by atoms with E-state index in [4.69, 9.17) is 21.1 Å². The van der Waals surface area contributed by atoms with Crippen LogP contribution in [-0.2, 0) is 11.3 Å². The van der Waals surface area contributed by atoms with Crippen LogP contribution in [0, 0.1) is 0 Å². The third-order valence-electron chi connectivity index (χ3n) is 2.51. The molecule has 0 saturated heterocycles. The molecule has 8 heteroatoms. The molecule has 0 saturated carbocycles. The maximum absolute atomic E-state index is 11.8. The van der Waals surface area contributed by atoms with Crippen LogP contribution in [0.25, 0.3) is 0 Å². The van der Waals surface area contributed by atoms with E-state index in [0.717, 1.165) is 0 Å². The molecule has 1 amide bonds. The first-order chi connectivity index (χ1) is 9.22. The molecule has 1 aliphatic rings. The van der Waals surface area contributed by atoms with E-state index < -0.39 is 0 Å². The maximum Gasteiger partial charge on any atom is 0.246 e. The van der Waals surface area contributed by atoms with Crippen molar-refractivity contribution in [1.29, 1.82) is 0 Å². The van der Waals surface area contributed by atoms with E-state index in [9.17, 15) is 4.79 Å². The molecule has 0 spiro atoms. The molecule has 0 radical (unpaired) electrons. The Morgan fingerprint density at radius 1 is 1.42 bits per heavy atom. The summed E-state index contributed by atoms with van der Waals surface area (Å²) < 4.78 is 11.8. The van der Waals surface area contributed by atoms with Crippen LogP contribution < -0.4 is 14.8 Å². The van der Waals surface area contributed by atoms with E-state index in [2.05, 4.69) is 15.4 Å². The first-order valence-electron chi connectivity index (χ1n) is 5.44. The van der Waals surface area contributed by atoms with Gasteiger partial charge < -0.3 is 14.8 Å². The number of fused-ring (bicyclic) bond motifs is 1. The lowest BCUT2D eigenvalue weighted by Gasteiger charge is -2.08. The summed E-state index contributed by atoms with van der Waals surface area (Å²) in [5.41, 5.74) is 0.469. The minimum atomic E-state index is -0.258. The molecule has 2 aromatic rings. The fraction of sp³-hybridized carbons (Fsp3) is 0.182. The van der Waals surface area contributed by atoms with Crippen molar-refractivity contribution in [3.63, 3.8) is 0 Å². The summed E-state index contributed by atoms with van der Waals surface area (Å²) in [5, 5.41) is 6.91. The Morgan fingerprint density at radius 3 is 2.95 bits per heavy atom. The first-order valence-corrected chi connectivity index (χ1v) is 5.81. The van der Waals surface area contributed by atoms with Gasteiger partial charge in [-0.2, -0.15) is 5.10 Å². The number of nitrogens with zero attached hydrogens (tertiary/aromatic N) is 3. The first kappa shape index (κ1) is 11.8. The van der Waals surface area contributed by atoms with Gasteiger partial charge in [-0.15, -0.1) is 0 Å². The highest BCUT2D eigenvalue weighted by Crippen LogP contribution is 2.39. The van der Waals surface area contributed by atoms with Gasteiger partial charge >= 0.3 is 0 Å². The lowest BCUT2D eigenvalue weighted by Crippen LogP contribution is -2.19. The molecule has 0 aliphatic carbocycles. The zero-order valence-corrected chi connectivity index (χ0v) is 10.4. The van der Waals surface area contributed by atoms with Crippen LogP contribution in [0.2, 0.25) is 5.02 Å². The standard InChI is InChI=1S/C11H9ClN4O3/c12-7-1-9-10(19-6-18-9)2-8(7)15-11(17)3-16-5-13-4-14-16/h1-2,4-5H,3,6H2,(H,15,17). The molecular formula is C11H9ClN4O3. The average Bonchev–Trinajstić information content (AvgIpc) is 3.00. The summed E-state index contributed by atoms with van der Waals surface area (Å²) in [6, 6.07) is 3.23. The maximum atomic E-state index is 11.8. The number of carbonyl (C=O) groups is 1. The number of rotatable bonds is 3. The molecule has 0 unspecified atom stereocenters. The second kappa shape index (κ2) is 4.77. The summed E-state index contributed by atoms with van der Waals surface area (Å²) >= 11 is 6.05. The number of amides is 1. The Kier molecular flexibility index (Phi) is 2.96. The monoisotopic (exact) mass is 280 g/mol. The van der Waals surface area contributed by atoms with E-state index in [-0.39, 0.29) is 19.2 Å². The number of anilines is 1. The summed E-state index contributed by atoms with van der Waals surface area (Å²) in [7, 11) is 0. The van der Waals surface area contributed by atoms with E-state index in [0.29, 0.717) is 22.2 Å². The number of halogens is 1. The molecule has 1 N–H and O–H groups in total. The fourth-order valence-corrected chi connectivity index (χ4v) is 1.87. The molecular weight excluding hydrogens is 272 g/mol. The van der Waals surface area contributed by atoms with Gasteiger partial charge in [-0.1, -0.05) is 11.6 Å². The van der Waals surface area contributed by atoms with Gasteiger partial charge in [-0.05, 0) is 0 Å². The zero-order chi connectivity index (χ0) is 13.2. The van der Waals surface area contributed by atoms with Crippen molar-refractivity contribution in [1.82, 2.24) is 14.8 Å². The van der Waals surface area contributed by atoms with Gasteiger partial charge in [0.25, 0.3) is 0 Å². The summed E-state index contributed by atoms with van der Waals surface area (Å²) in [6.45, 7) is 0.215. The van der Waals surface area contributed by atoms with Crippen molar-refractivity contribution in [3.8, 4) is 11.5 Å². The van der Waals surface area contributed by atoms with Crippen LogP contribution in [0.4, 0.5) is 5.69 Å². The SMILES string of the molecule is O=C(Cn1cncn1)Nc1cc2c(cc1Cl)OCO2. The van der Waals surface area contributed by atoms with Gasteiger partial charge in [0.1, 0.15) is 19.2 Å². The molecule has 1 aromatic heterocycles. The van der Waals surface area contributed by atoms with Crippen molar-refractivity contribution < 1.29 is 14.3 Å². The summed E-state index contributed by atoms with van der Waals surface area (Å²) in [6.07, 6.45) is 2.82. The van der Waals surface area contributed by atoms with Crippen molar-refractivity contribution >= 4 is 23.2 Å². The number of ether oxygens (including phenoxy) is 2. The number of hydrogen-bond acceptors (Lipinski definition) is 5. The van der Waals surface area contributed by atoms with E-state index >= 15 is 0 Å². The summed E-state index contributed by atoms with van der Waals surface area (Å²) in [4.78, 5) is 15.6. The number of benzene rings is 1. The highest BCUT2D eigenvalue weighted by Gasteiger charge is 2.17. The van der Waals surface area contributed by atoms with Crippen molar-refractivity contribution in [2.75, 3.05) is 12.1 Å². The quantitative estimate of drug-likeness (QED) is 0.917. The predicted molar refractivity (Wildman–Crippen MR) is 66.2 cm³/mol. The zero-order valence-electron chi connectivity index (χ0n) is 9.67. The third kappa shape index (κ3) is 2.45. The van der Waals surface area contributed by atoms with Gasteiger partial charge in [0.05, 0.1) is 10.7 Å². The number of nitrogens with one attached hydrogen (secondary N) is 1. The number of aromatic nitrogens is 3. The Hall–Kier alpha value is -2.28. The van der Waals surface area contributed by atoms with Crippen molar-refractivity contribution in [2.45, 2.75) is 6.54 Å². The molecule has 1 aromatic carbocycles. The molecule has 7 nitrogen and oxygen atoms in total. The Morgan fingerprint density at radius 2 is 2.21 bits per heavy atom. The van der Waals surface area contributed by atoms with E-state index in [1.54, 1.807) is 12.1 Å². The Balaban J connectivity index is 1.74. The van der Waals surface area contributed by atoms with Crippen LogP contribution >= 0.6 is 11.6 Å². The highest BCUT2D eigenvalue weighted by atomic mass is 35.5. The van der Waals surface area contributed by atoms with E-state index in [1.165, 1.54) is 17.3 Å². The van der Waals surface area contributed by atoms with Crippen molar-refractivity contribution in [3.05, 3.63) is 29.8 Å². The number of hydrogen-bond donors (Lipinski definition) is 1. The molecule has 3 rings (SSSR count). The second-order valence-electron chi connectivity index (χ2n) is 3.83. The van der Waals surface area contributed by atoms with Crippen LogP contribution in [0.3, 0.4) is 0 Å². The third-order valence-corrected chi connectivity index (χ3v) is 2.82. The smallest absolute Gasteiger partial charge is 0.246 e. The largest absolute Gasteiger partial charge is 0.454 e. The molecule has 1 aliphatic heterocycles. The minimum Gasteiger partial charge on any atom is -0.454 e. The van der Waals surface area contributed by atoms with Gasteiger partial charge in [-0.3, -0.25) is 4.79 Å². The average molecular weight is 281 g/mol. The Bertz CT molecular complexity index is 615. The highest BCUT2D eigenvalue weighted by molar-refractivity contribution is 6.34. The molecule has 0 fully saturated rings. The molecule has 0 bridgehead atoms. The van der Waals surface area contributed by atoms with Gasteiger partial charge in [-0.25, -0.2) is 9.67 Å². The van der Waals surface area contributed by atoms with Crippen LogP contribution in [0.15, 0.2) is 24.8 Å². The second-order valence-corrected chi connectivity index (χ2v) is 4.23. The van der Waals surface area contributed by atoms with Crippen LogP contribution in [0.1, 0.15) is 0 Å². The van der Waals surface area contributed by atoms with Crippen LogP contribution in [-0.4, -0.2) is 27.5 Å². The minimum absolute atomic E-state index is 0.0603. The molecule has 0 atom stereocenters. The molecule has 98 valence electrons. The summed E-state index contributed by atoms with van der Waals surface area (Å²) in [5.74, 6) is 0.867. The normalized spacial score (nSPS) is 12.5. The van der Waals surface area contributed by atoms with Gasteiger partial charge in [0.2, 0.25) is 12.7 Å². The molecule has 2 heterocycles. The Labute approximate surface area is 113 Å². The molecule has 19 heavy (non-hydrogen) atoms. The van der Waals surface area contributed by atoms with Gasteiger partial charge in [0.15, 0.2) is 11.5 Å². The topological polar surface area (TPSA) is 78.3 Å². The van der Waals surface area contributed by atoms with Crippen LogP contribution in [0.5, 0.6) is 11.5 Å². The predicted octanol–water partition coefficient (Wildman–Crippen LogP) is 1.30. The van der Waals surface area contributed by atoms with Gasteiger partial charge in [0, 0.05) is 12.1 Å². The fourth-order valence-electron chi connectivity index (χ4n) is 1.66. The lowest BCUT2D eigenvalue weighted by molar-refractivity contribution is -0.116. The number of carbonyl (C=O) groups excluding carboxylic acids is 1.